The first-order chi connectivity index (χ1) is 8.18. The Hall–Kier alpha value is -2.12. The predicted octanol–water partition coefficient (Wildman–Crippen LogP) is 1.79. The molecule has 0 atom stereocenters. The minimum atomic E-state index is -0.771. The zero-order valence-electron chi connectivity index (χ0n) is 10.6. The van der Waals surface area contributed by atoms with Crippen LogP contribution < -0.4 is 0 Å². The van der Waals surface area contributed by atoms with Gasteiger partial charge in [0.05, 0.1) is 0 Å². The van der Waals surface area contributed by atoms with Gasteiger partial charge in [-0.3, -0.25) is 0 Å². The van der Waals surface area contributed by atoms with Crippen molar-refractivity contribution in [2.24, 2.45) is 0 Å². The predicted molar refractivity (Wildman–Crippen MR) is 72.4 cm³/mol. The van der Waals surface area contributed by atoms with Crippen LogP contribution in [-0.4, -0.2) is 32.6 Å². The van der Waals surface area contributed by atoms with E-state index >= 15 is 0 Å². The maximum atomic E-state index is 11.1. The minimum Gasteiger partial charge on any atom is -0.870 e. The van der Waals surface area contributed by atoms with Crippen LogP contribution in [-0.2, 0) is 16.5 Å². The Morgan fingerprint density at radius 2 is 1.33 bits per heavy atom. The van der Waals surface area contributed by atoms with E-state index in [1.54, 1.807) is 48.5 Å². The second-order valence-electron chi connectivity index (χ2n) is 3.48. The summed E-state index contributed by atoms with van der Waals surface area (Å²) < 4.78 is 0. The molecule has 117 valence electrons. The summed E-state index contributed by atoms with van der Waals surface area (Å²) in [5.41, 5.74) is 1.16. The Labute approximate surface area is 131 Å². The van der Waals surface area contributed by atoms with E-state index < -0.39 is 5.97 Å². The fraction of sp³-hybridized carbons (Fsp3) is 0. The second-order valence-corrected chi connectivity index (χ2v) is 3.48. The van der Waals surface area contributed by atoms with Crippen molar-refractivity contribution >= 4 is 17.3 Å². The van der Waals surface area contributed by atoms with Crippen LogP contribution in [0.3, 0.4) is 0 Å². The van der Waals surface area contributed by atoms with E-state index in [1.165, 1.54) is 0 Å². The van der Waals surface area contributed by atoms with Crippen LogP contribution in [0.5, 0.6) is 5.75 Å². The van der Waals surface area contributed by atoms with Crippen LogP contribution in [0, 0.1) is 0 Å². The van der Waals surface area contributed by atoms with Crippen molar-refractivity contribution in [3.05, 3.63) is 59.4 Å². The number of hydrogen-bond acceptors (Lipinski definition) is 4. The van der Waals surface area contributed by atoms with Gasteiger partial charge in [-0.1, -0.05) is 36.4 Å². The van der Waals surface area contributed by atoms with Crippen LogP contribution in [0.4, 0.5) is 11.4 Å². The van der Waals surface area contributed by atoms with E-state index in [1.807, 2.05) is 0 Å². The summed E-state index contributed by atoms with van der Waals surface area (Å²) >= 11 is 0. The van der Waals surface area contributed by atoms with Gasteiger partial charge in [0.15, 0.2) is 0 Å². The summed E-state index contributed by atoms with van der Waals surface area (Å²) in [6, 6.07) is 13.5. The van der Waals surface area contributed by atoms with E-state index in [9.17, 15) is 4.79 Å². The van der Waals surface area contributed by atoms with Gasteiger partial charge in [-0.2, -0.15) is 0 Å². The van der Waals surface area contributed by atoms with Gasteiger partial charge in [0.2, 0.25) is 5.75 Å². The molecule has 2 rings (SSSR count). The molecular formula is C13H15NNiO6+. The van der Waals surface area contributed by atoms with E-state index in [2.05, 4.69) is 5.32 Å². The van der Waals surface area contributed by atoms with Gasteiger partial charge in [-0.05, 0) is 11.8 Å². The number of nitrogens with zero attached hydrogens (tertiary/aromatic N) is 1. The fourth-order valence-corrected chi connectivity index (χ4v) is 1.46. The Bertz CT molecular complexity index is 564. The molecule has 8 heteroatoms. The van der Waals surface area contributed by atoms with Crippen molar-refractivity contribution in [3.63, 3.8) is 0 Å². The van der Waals surface area contributed by atoms with Gasteiger partial charge in [0.25, 0.3) is 0 Å². The summed E-state index contributed by atoms with van der Waals surface area (Å²) in [6.07, 6.45) is 0. The van der Waals surface area contributed by atoms with E-state index in [4.69, 9.17) is 10.2 Å². The fourth-order valence-electron chi connectivity index (χ4n) is 1.46. The summed E-state index contributed by atoms with van der Waals surface area (Å²) in [7, 11) is 0. The Kier molecular flexibility index (Phi) is 12.1. The largest absolute Gasteiger partial charge is 3.00 e. The molecule has 0 unspecified atom stereocenters. The smallest absolute Gasteiger partial charge is 0.870 e. The molecule has 0 aliphatic carbocycles. The molecule has 0 saturated carbocycles. The first-order valence-corrected chi connectivity index (χ1v) is 5.06. The van der Waals surface area contributed by atoms with Gasteiger partial charge >= 0.3 is 22.5 Å². The Morgan fingerprint density at radius 1 is 0.857 bits per heavy atom. The zero-order chi connectivity index (χ0) is 12.3. The molecule has 0 aromatic heterocycles. The van der Waals surface area contributed by atoms with E-state index in [0.717, 1.165) is 0 Å². The van der Waals surface area contributed by atoms with Crippen LogP contribution in [0.1, 0.15) is 10.4 Å². The molecular weight excluding hydrogens is 325 g/mol. The number of benzene rings is 2. The Morgan fingerprint density at radius 3 is 1.86 bits per heavy atom. The van der Waals surface area contributed by atoms with Gasteiger partial charge in [-0.15, -0.1) is 5.69 Å². The third-order valence-electron chi connectivity index (χ3n) is 2.29. The van der Waals surface area contributed by atoms with Gasteiger partial charge in [0, 0.05) is 10.9 Å². The van der Waals surface area contributed by atoms with Crippen molar-refractivity contribution in [2.75, 3.05) is 0 Å². The third kappa shape index (κ3) is 5.80. The SMILES string of the molecule is O=C([OH2+])c1ccccc1[N-]c1ccccc1[OH2+].[Ni+3].[OH-].[OH-].[OH-]. The quantitative estimate of drug-likeness (QED) is 0.613. The molecule has 0 amide bonds. The zero-order valence-corrected chi connectivity index (χ0v) is 11.6. The van der Waals surface area contributed by atoms with Crippen molar-refractivity contribution in [1.29, 1.82) is 0 Å². The average molecular weight is 340 g/mol. The molecule has 0 spiro atoms. The number of rotatable bonds is 3. The molecule has 7 N–H and O–H groups in total. The molecule has 21 heavy (non-hydrogen) atoms. The molecule has 0 saturated heterocycles. The maximum absolute atomic E-state index is 11.1. The molecule has 0 aliphatic heterocycles. The molecule has 2 aromatic rings. The first kappa shape index (κ1) is 23.9. The molecule has 0 fully saturated rings. The maximum Gasteiger partial charge on any atom is 3.00 e. The molecule has 2 aromatic carbocycles. The van der Waals surface area contributed by atoms with Crippen LogP contribution in [0.25, 0.3) is 5.32 Å². The van der Waals surface area contributed by atoms with Crippen molar-refractivity contribution in [3.8, 4) is 5.75 Å². The van der Waals surface area contributed by atoms with E-state index in [-0.39, 0.29) is 38.5 Å². The molecule has 0 bridgehead atoms. The van der Waals surface area contributed by atoms with Crippen molar-refractivity contribution in [1.82, 2.24) is 0 Å². The van der Waals surface area contributed by atoms with Gasteiger partial charge in [-0.25, -0.2) is 0 Å². The number of para-hydroxylation sites is 3. The third-order valence-corrected chi connectivity index (χ3v) is 2.29. The molecule has 0 aliphatic rings. The number of carbonyl (C=O) groups excluding carboxylic acids is 1. The number of hydrogen-bond donors (Lipinski definition) is 0. The van der Waals surface area contributed by atoms with Gasteiger partial charge < -0.3 is 32.0 Å². The summed E-state index contributed by atoms with van der Waals surface area (Å²) in [4.78, 5) is 11.1. The number of carbonyl (C=O) groups is 1. The summed E-state index contributed by atoms with van der Waals surface area (Å²) in [6.45, 7) is 0. The van der Waals surface area contributed by atoms with Crippen LogP contribution in [0.2, 0.25) is 0 Å². The van der Waals surface area contributed by atoms with E-state index in [0.29, 0.717) is 17.1 Å². The normalized spacial score (nSPS) is 8.00. The van der Waals surface area contributed by atoms with Crippen molar-refractivity contribution in [2.45, 2.75) is 0 Å². The van der Waals surface area contributed by atoms with Gasteiger partial charge in [0.1, 0.15) is 5.56 Å². The van der Waals surface area contributed by atoms with Crippen LogP contribution >= 0.6 is 0 Å². The first-order valence-electron chi connectivity index (χ1n) is 5.06. The second kappa shape index (κ2) is 10.6. The average Bonchev–Trinajstić information content (AvgIpc) is 2.32. The summed E-state index contributed by atoms with van der Waals surface area (Å²) in [5, 5.41) is 19.0. The molecule has 7 nitrogen and oxygen atoms in total. The molecule has 0 heterocycles. The van der Waals surface area contributed by atoms with Crippen molar-refractivity contribution < 1.29 is 47.9 Å². The Balaban J connectivity index is -0.000000810. The topological polar surface area (TPSA) is 167 Å². The monoisotopic (exact) mass is 339 g/mol. The summed E-state index contributed by atoms with van der Waals surface area (Å²) in [5.74, 6) is -0.480. The van der Waals surface area contributed by atoms with Crippen LogP contribution in [0.15, 0.2) is 48.5 Å². The molecule has 1 radical (unpaired) electrons. The minimum absolute atomic E-state index is 0. The standard InChI is InChI=1S/C13H10NO3.Ni.3H2O/c15-12-8-4-3-7-11(12)14-10-6-2-1-5-9(10)13(16)17;;;;/h1-8,15H,(H,16,17);;3*1H2/q-1;+3;;;/p-1.